The van der Waals surface area contributed by atoms with E-state index in [9.17, 15) is 0 Å². The molecule has 1 rings (SSSR count). The van der Waals surface area contributed by atoms with Gasteiger partial charge < -0.3 is 0 Å². The van der Waals surface area contributed by atoms with E-state index < -0.39 is 0 Å². The van der Waals surface area contributed by atoms with Crippen molar-refractivity contribution in [1.29, 1.82) is 5.26 Å². The Balaban J connectivity index is 2.71. The molecule has 2 nitrogen and oxygen atoms in total. The Morgan fingerprint density at radius 3 is 2.38 bits per heavy atom. The van der Waals surface area contributed by atoms with Crippen LogP contribution in [0.25, 0.3) is 6.08 Å². The van der Waals surface area contributed by atoms with Crippen LogP contribution in [0, 0.1) is 11.3 Å². The van der Waals surface area contributed by atoms with E-state index in [-0.39, 0.29) is 6.04 Å². The Hall–Kier alpha value is -1.59. The standard InChI is InChI=1S/C14H18N2/c1-3-16(4-2)14(12-15)11-10-13-8-6-5-7-9-13/h5-11,14H,3-4H2,1-2H3/b11-10+. The Morgan fingerprint density at radius 2 is 1.88 bits per heavy atom. The van der Waals surface area contributed by atoms with Gasteiger partial charge in [0.05, 0.1) is 6.07 Å². The molecule has 0 fully saturated rings. The SMILES string of the molecule is CCN(CC)C(C#N)/C=C/c1ccccc1. The van der Waals surface area contributed by atoms with Crippen molar-refractivity contribution in [1.82, 2.24) is 4.90 Å². The molecule has 0 spiro atoms. The lowest BCUT2D eigenvalue weighted by molar-refractivity contribution is 0.294. The van der Waals surface area contributed by atoms with Crippen molar-refractivity contribution in [2.45, 2.75) is 19.9 Å². The summed E-state index contributed by atoms with van der Waals surface area (Å²) in [5.74, 6) is 0. The van der Waals surface area contributed by atoms with Gasteiger partial charge in [0, 0.05) is 0 Å². The van der Waals surface area contributed by atoms with Gasteiger partial charge in [-0.2, -0.15) is 5.26 Å². The molecule has 0 saturated carbocycles. The van der Waals surface area contributed by atoms with Crippen molar-refractivity contribution >= 4 is 6.08 Å². The molecule has 0 aromatic heterocycles. The van der Waals surface area contributed by atoms with E-state index in [0.29, 0.717) is 0 Å². The second-order valence-electron chi connectivity index (χ2n) is 3.56. The Morgan fingerprint density at radius 1 is 1.25 bits per heavy atom. The molecule has 84 valence electrons. The van der Waals surface area contributed by atoms with Crippen LogP contribution >= 0.6 is 0 Å². The lowest BCUT2D eigenvalue weighted by Crippen LogP contribution is -2.32. The van der Waals surface area contributed by atoms with E-state index in [0.717, 1.165) is 18.7 Å². The molecule has 0 amide bonds. The molecule has 0 aliphatic heterocycles. The summed E-state index contributed by atoms with van der Waals surface area (Å²) in [5.41, 5.74) is 1.13. The van der Waals surface area contributed by atoms with E-state index in [1.54, 1.807) is 0 Å². The molecular formula is C14H18N2. The van der Waals surface area contributed by atoms with Crippen molar-refractivity contribution in [3.8, 4) is 6.07 Å². The third-order valence-corrected chi connectivity index (χ3v) is 2.61. The normalized spacial score (nSPS) is 12.9. The fourth-order valence-electron chi connectivity index (χ4n) is 1.63. The highest BCUT2D eigenvalue weighted by atomic mass is 15.1. The zero-order valence-corrected chi connectivity index (χ0v) is 9.93. The van der Waals surface area contributed by atoms with Gasteiger partial charge in [0.25, 0.3) is 0 Å². The van der Waals surface area contributed by atoms with Crippen LogP contribution in [0.15, 0.2) is 36.4 Å². The van der Waals surface area contributed by atoms with Gasteiger partial charge in [-0.3, -0.25) is 4.90 Å². The predicted molar refractivity (Wildman–Crippen MR) is 67.8 cm³/mol. The summed E-state index contributed by atoms with van der Waals surface area (Å²) in [4.78, 5) is 2.12. The van der Waals surface area contributed by atoms with Gasteiger partial charge in [-0.25, -0.2) is 0 Å². The molecule has 2 heteroatoms. The number of likely N-dealkylation sites (N-methyl/N-ethyl adjacent to an activating group) is 1. The topological polar surface area (TPSA) is 27.0 Å². The summed E-state index contributed by atoms with van der Waals surface area (Å²) in [7, 11) is 0. The summed E-state index contributed by atoms with van der Waals surface area (Å²) in [6, 6.07) is 12.2. The van der Waals surface area contributed by atoms with Gasteiger partial charge >= 0.3 is 0 Å². The summed E-state index contributed by atoms with van der Waals surface area (Å²) in [6.45, 7) is 5.94. The highest BCUT2D eigenvalue weighted by Gasteiger charge is 2.10. The molecule has 0 radical (unpaired) electrons. The second-order valence-corrected chi connectivity index (χ2v) is 3.56. The Labute approximate surface area is 97.8 Å². The van der Waals surface area contributed by atoms with E-state index >= 15 is 0 Å². The molecule has 0 N–H and O–H groups in total. The molecule has 0 saturated heterocycles. The Kier molecular flexibility index (Phi) is 5.31. The lowest BCUT2D eigenvalue weighted by atomic mass is 10.1. The van der Waals surface area contributed by atoms with Gasteiger partial charge in [0.2, 0.25) is 0 Å². The largest absolute Gasteiger partial charge is 0.285 e. The van der Waals surface area contributed by atoms with Crippen molar-refractivity contribution in [2.75, 3.05) is 13.1 Å². The third-order valence-electron chi connectivity index (χ3n) is 2.61. The van der Waals surface area contributed by atoms with Crippen molar-refractivity contribution in [2.24, 2.45) is 0 Å². The van der Waals surface area contributed by atoms with Crippen molar-refractivity contribution in [3.63, 3.8) is 0 Å². The van der Waals surface area contributed by atoms with E-state index in [1.807, 2.05) is 42.5 Å². The maximum atomic E-state index is 9.09. The Bertz CT molecular complexity index is 358. The average Bonchev–Trinajstić information content (AvgIpc) is 2.35. The molecule has 0 bridgehead atoms. The van der Waals surface area contributed by atoms with Crippen molar-refractivity contribution in [3.05, 3.63) is 42.0 Å². The van der Waals surface area contributed by atoms with Gasteiger partial charge in [-0.1, -0.05) is 56.3 Å². The van der Waals surface area contributed by atoms with Crippen LogP contribution in [0.4, 0.5) is 0 Å². The molecule has 0 heterocycles. The van der Waals surface area contributed by atoms with Crippen LogP contribution < -0.4 is 0 Å². The van der Waals surface area contributed by atoms with E-state index in [1.165, 1.54) is 0 Å². The van der Waals surface area contributed by atoms with Crippen molar-refractivity contribution < 1.29 is 0 Å². The maximum absolute atomic E-state index is 9.09. The highest BCUT2D eigenvalue weighted by molar-refractivity contribution is 5.50. The molecule has 1 atom stereocenters. The minimum Gasteiger partial charge on any atom is -0.285 e. The third kappa shape index (κ3) is 3.52. The van der Waals surface area contributed by atoms with Gasteiger partial charge in [-0.15, -0.1) is 0 Å². The van der Waals surface area contributed by atoms with Crippen LogP contribution in [0.3, 0.4) is 0 Å². The first kappa shape index (κ1) is 12.5. The van der Waals surface area contributed by atoms with Crippen LogP contribution in [0.5, 0.6) is 0 Å². The minimum atomic E-state index is -0.129. The van der Waals surface area contributed by atoms with Crippen LogP contribution in [0.1, 0.15) is 19.4 Å². The van der Waals surface area contributed by atoms with Gasteiger partial charge in [-0.05, 0) is 18.7 Å². The van der Waals surface area contributed by atoms with Crippen LogP contribution in [0.2, 0.25) is 0 Å². The van der Waals surface area contributed by atoms with Crippen LogP contribution in [-0.2, 0) is 0 Å². The molecule has 1 aromatic carbocycles. The molecule has 1 unspecified atom stereocenters. The van der Waals surface area contributed by atoms with Crippen LogP contribution in [-0.4, -0.2) is 24.0 Å². The first-order chi connectivity index (χ1) is 7.81. The molecule has 0 aliphatic carbocycles. The summed E-state index contributed by atoms with van der Waals surface area (Å²) in [6.07, 6.45) is 3.97. The number of hydrogen-bond acceptors (Lipinski definition) is 2. The fourth-order valence-corrected chi connectivity index (χ4v) is 1.63. The highest BCUT2D eigenvalue weighted by Crippen LogP contribution is 2.05. The number of rotatable bonds is 5. The smallest absolute Gasteiger partial charge is 0.117 e. The molecule has 16 heavy (non-hydrogen) atoms. The zero-order valence-electron chi connectivity index (χ0n) is 9.93. The van der Waals surface area contributed by atoms with Gasteiger partial charge in [0.1, 0.15) is 6.04 Å². The maximum Gasteiger partial charge on any atom is 0.117 e. The monoisotopic (exact) mass is 214 g/mol. The van der Waals surface area contributed by atoms with E-state index in [2.05, 4.69) is 24.8 Å². The number of nitrogens with zero attached hydrogens (tertiary/aromatic N) is 2. The zero-order chi connectivity index (χ0) is 11.8. The molecule has 0 aliphatic rings. The summed E-state index contributed by atoms with van der Waals surface area (Å²) < 4.78 is 0. The number of benzene rings is 1. The molecular weight excluding hydrogens is 196 g/mol. The van der Waals surface area contributed by atoms with E-state index in [4.69, 9.17) is 5.26 Å². The quantitative estimate of drug-likeness (QED) is 0.753. The molecule has 1 aromatic rings. The lowest BCUT2D eigenvalue weighted by Gasteiger charge is -2.20. The number of nitriles is 1. The first-order valence-corrected chi connectivity index (χ1v) is 5.68. The number of hydrogen-bond donors (Lipinski definition) is 0. The predicted octanol–water partition coefficient (Wildman–Crippen LogP) is 2.93. The average molecular weight is 214 g/mol. The first-order valence-electron chi connectivity index (χ1n) is 5.68. The summed E-state index contributed by atoms with van der Waals surface area (Å²) in [5, 5.41) is 9.09. The minimum absolute atomic E-state index is 0.129. The van der Waals surface area contributed by atoms with Gasteiger partial charge in [0.15, 0.2) is 0 Å². The fraction of sp³-hybridized carbons (Fsp3) is 0.357. The second kappa shape index (κ2) is 6.81. The summed E-state index contributed by atoms with van der Waals surface area (Å²) >= 11 is 0.